The fraction of sp³-hybridized carbons (Fsp3) is 0.394. The van der Waals surface area contributed by atoms with E-state index >= 15 is 0 Å². The van der Waals surface area contributed by atoms with Gasteiger partial charge in [0.05, 0.1) is 32.3 Å². The topological polar surface area (TPSA) is 142 Å². The minimum absolute atomic E-state index is 0.0412. The molecule has 10 heteroatoms. The third-order valence-corrected chi connectivity index (χ3v) is 7.05. The van der Waals surface area contributed by atoms with Crippen LogP contribution in [0.1, 0.15) is 68.7 Å². The molecule has 2 aromatic carbocycles. The Morgan fingerprint density at radius 3 is 2.19 bits per heavy atom. The summed E-state index contributed by atoms with van der Waals surface area (Å²) in [6.07, 6.45) is -1.88. The summed E-state index contributed by atoms with van der Waals surface area (Å²) in [6, 6.07) is 15.1. The van der Waals surface area contributed by atoms with Crippen molar-refractivity contribution in [1.29, 1.82) is 5.41 Å². The molecular formula is C33H40FN3O6. The molecule has 0 bridgehead atoms. The zero-order chi connectivity index (χ0) is 31.7. The molecule has 0 saturated heterocycles. The smallest absolute Gasteiger partial charge is 0.308 e. The Morgan fingerprint density at radius 1 is 0.977 bits per heavy atom. The number of halogens is 1. The van der Waals surface area contributed by atoms with Gasteiger partial charge in [0.25, 0.3) is 5.91 Å². The molecule has 230 valence electrons. The van der Waals surface area contributed by atoms with Crippen LogP contribution in [0.5, 0.6) is 0 Å². The van der Waals surface area contributed by atoms with E-state index in [0.717, 1.165) is 11.3 Å². The highest BCUT2D eigenvalue weighted by molar-refractivity contribution is 6.07. The van der Waals surface area contributed by atoms with Gasteiger partial charge in [-0.1, -0.05) is 42.5 Å². The van der Waals surface area contributed by atoms with Gasteiger partial charge in [0.1, 0.15) is 17.3 Å². The lowest BCUT2D eigenvalue weighted by Crippen LogP contribution is -2.32. The lowest BCUT2D eigenvalue weighted by molar-refractivity contribution is -0.143. The SMILES string of the molecule is COC(=O)C[C@H](O)C[C@H](O)CCc1c(-c2ccc(F)cc2)c(-c2ccccc2)c(C(=O)NCC(=N)CC(C)=O)n1C(C)C. The van der Waals surface area contributed by atoms with E-state index in [2.05, 4.69) is 10.1 Å². The zero-order valence-electron chi connectivity index (χ0n) is 25.0. The first-order chi connectivity index (χ1) is 20.4. The Kier molecular flexibility index (Phi) is 11.9. The van der Waals surface area contributed by atoms with Crippen LogP contribution in [-0.4, -0.2) is 64.0 Å². The predicted octanol–water partition coefficient (Wildman–Crippen LogP) is 4.88. The Bertz CT molecular complexity index is 1430. The van der Waals surface area contributed by atoms with Crippen molar-refractivity contribution in [3.8, 4) is 22.3 Å². The number of ether oxygens (including phenoxy) is 1. The molecule has 2 atom stereocenters. The second-order valence-electron chi connectivity index (χ2n) is 10.9. The Morgan fingerprint density at radius 2 is 1.60 bits per heavy atom. The van der Waals surface area contributed by atoms with E-state index in [1.807, 2.05) is 48.7 Å². The van der Waals surface area contributed by atoms with Crippen molar-refractivity contribution in [2.24, 2.45) is 0 Å². The minimum Gasteiger partial charge on any atom is -0.469 e. The van der Waals surface area contributed by atoms with Gasteiger partial charge < -0.3 is 30.2 Å². The van der Waals surface area contributed by atoms with Crippen molar-refractivity contribution in [1.82, 2.24) is 9.88 Å². The summed E-state index contributed by atoms with van der Waals surface area (Å²) in [7, 11) is 1.23. The normalized spacial score (nSPS) is 12.6. The van der Waals surface area contributed by atoms with Crippen LogP contribution in [0.15, 0.2) is 54.6 Å². The molecular weight excluding hydrogens is 553 g/mol. The third-order valence-electron chi connectivity index (χ3n) is 7.05. The first-order valence-corrected chi connectivity index (χ1v) is 14.3. The number of amides is 1. The summed E-state index contributed by atoms with van der Waals surface area (Å²) in [4.78, 5) is 37.0. The number of aliphatic hydroxyl groups excluding tert-OH is 2. The first kappa shape index (κ1) is 33.4. The van der Waals surface area contributed by atoms with E-state index < -0.39 is 29.9 Å². The molecule has 43 heavy (non-hydrogen) atoms. The number of nitrogens with one attached hydrogen (secondary N) is 2. The number of carbonyl (C=O) groups excluding carboxylic acids is 3. The van der Waals surface area contributed by atoms with Crippen molar-refractivity contribution in [3.63, 3.8) is 0 Å². The Hall–Kier alpha value is -4.15. The number of rotatable bonds is 15. The van der Waals surface area contributed by atoms with Gasteiger partial charge in [0.15, 0.2) is 0 Å². The highest BCUT2D eigenvalue weighted by Crippen LogP contribution is 2.42. The molecule has 3 rings (SSSR count). The third kappa shape index (κ3) is 8.92. The maximum absolute atomic E-state index is 14.0. The molecule has 4 N–H and O–H groups in total. The van der Waals surface area contributed by atoms with Gasteiger partial charge in [-0.2, -0.15) is 0 Å². The average molecular weight is 594 g/mol. The molecule has 0 saturated carbocycles. The van der Waals surface area contributed by atoms with E-state index in [4.69, 9.17) is 5.41 Å². The number of methoxy groups -OCH3 is 1. The molecule has 0 radical (unpaired) electrons. The number of benzene rings is 2. The number of carbonyl (C=O) groups is 3. The molecule has 1 heterocycles. The van der Waals surface area contributed by atoms with Gasteiger partial charge in [-0.15, -0.1) is 0 Å². The van der Waals surface area contributed by atoms with E-state index in [1.54, 1.807) is 12.1 Å². The molecule has 0 fully saturated rings. The lowest BCUT2D eigenvalue weighted by atomic mass is 9.92. The van der Waals surface area contributed by atoms with Gasteiger partial charge in [-0.3, -0.25) is 14.4 Å². The molecule has 0 unspecified atom stereocenters. The second-order valence-corrected chi connectivity index (χ2v) is 10.9. The highest BCUT2D eigenvalue weighted by atomic mass is 19.1. The number of esters is 1. The van der Waals surface area contributed by atoms with Crippen LogP contribution in [-0.2, 0) is 20.7 Å². The van der Waals surface area contributed by atoms with Gasteiger partial charge in [-0.25, -0.2) is 4.39 Å². The van der Waals surface area contributed by atoms with Crippen LogP contribution in [0.2, 0.25) is 0 Å². The Labute approximate surface area is 251 Å². The Balaban J connectivity index is 2.16. The van der Waals surface area contributed by atoms with Crippen molar-refractivity contribution in [3.05, 3.63) is 71.8 Å². The summed E-state index contributed by atoms with van der Waals surface area (Å²) >= 11 is 0. The van der Waals surface area contributed by atoms with E-state index in [9.17, 15) is 29.0 Å². The van der Waals surface area contributed by atoms with Gasteiger partial charge in [0.2, 0.25) is 0 Å². The van der Waals surface area contributed by atoms with Crippen LogP contribution >= 0.6 is 0 Å². The average Bonchev–Trinajstić information content (AvgIpc) is 3.30. The monoisotopic (exact) mass is 593 g/mol. The molecule has 1 aromatic heterocycles. The maximum atomic E-state index is 14.0. The van der Waals surface area contributed by atoms with Crippen molar-refractivity contribution >= 4 is 23.4 Å². The van der Waals surface area contributed by atoms with Crippen LogP contribution in [0.4, 0.5) is 4.39 Å². The number of nitrogens with zero attached hydrogens (tertiary/aromatic N) is 1. The second kappa shape index (κ2) is 15.4. The van der Waals surface area contributed by atoms with Gasteiger partial charge >= 0.3 is 5.97 Å². The van der Waals surface area contributed by atoms with Crippen LogP contribution in [0, 0.1) is 11.2 Å². The fourth-order valence-electron chi connectivity index (χ4n) is 5.22. The van der Waals surface area contributed by atoms with Gasteiger partial charge in [0, 0.05) is 35.0 Å². The van der Waals surface area contributed by atoms with Crippen LogP contribution in [0.3, 0.4) is 0 Å². The summed E-state index contributed by atoms with van der Waals surface area (Å²) in [5.74, 6) is -1.60. The summed E-state index contributed by atoms with van der Waals surface area (Å²) in [5.41, 5.74) is 3.89. The number of ketones is 1. The summed E-state index contributed by atoms with van der Waals surface area (Å²) in [6.45, 7) is 5.14. The van der Waals surface area contributed by atoms with Crippen molar-refractivity contribution < 1.29 is 33.7 Å². The minimum atomic E-state index is -1.08. The predicted molar refractivity (Wildman–Crippen MR) is 163 cm³/mol. The van der Waals surface area contributed by atoms with Crippen LogP contribution < -0.4 is 5.32 Å². The number of aliphatic hydroxyl groups is 2. The standard InChI is InChI=1S/C33H40FN3O6/c1-20(2)37-28(15-14-26(39)17-27(40)18-29(41)43-4)30(23-10-12-24(34)13-11-23)31(22-8-6-5-7-9-22)32(37)33(42)36-19-25(35)16-21(3)38/h5-13,20,26-27,35,39-40H,14-19H2,1-4H3,(H,36,42)/t26-,27-/m1/s1. The van der Waals surface area contributed by atoms with Crippen molar-refractivity contribution in [2.75, 3.05) is 13.7 Å². The van der Waals surface area contributed by atoms with Crippen LogP contribution in [0.25, 0.3) is 22.3 Å². The molecule has 9 nitrogen and oxygen atoms in total. The fourth-order valence-corrected chi connectivity index (χ4v) is 5.22. The molecule has 0 spiro atoms. The molecule has 0 aliphatic rings. The summed E-state index contributed by atoms with van der Waals surface area (Å²) < 4.78 is 20.5. The summed E-state index contributed by atoms with van der Waals surface area (Å²) in [5, 5.41) is 32.0. The van der Waals surface area contributed by atoms with E-state index in [0.29, 0.717) is 28.8 Å². The van der Waals surface area contributed by atoms with E-state index in [1.165, 1.54) is 26.2 Å². The molecule has 0 aliphatic carbocycles. The number of hydrogen-bond donors (Lipinski definition) is 4. The molecule has 0 aliphatic heterocycles. The molecule has 3 aromatic rings. The largest absolute Gasteiger partial charge is 0.469 e. The maximum Gasteiger partial charge on any atom is 0.308 e. The number of aromatic nitrogens is 1. The van der Waals surface area contributed by atoms with Crippen molar-refractivity contribution in [2.45, 2.75) is 71.1 Å². The number of hydrogen-bond acceptors (Lipinski definition) is 7. The number of Topliss-reactive ketones (excluding diaryl/α,β-unsaturated/α-hetero) is 1. The first-order valence-electron chi connectivity index (χ1n) is 14.3. The van der Waals surface area contributed by atoms with E-state index in [-0.39, 0.29) is 49.8 Å². The lowest BCUT2D eigenvalue weighted by Gasteiger charge is -2.20. The zero-order valence-corrected chi connectivity index (χ0v) is 25.0. The highest BCUT2D eigenvalue weighted by Gasteiger charge is 2.30. The quantitative estimate of drug-likeness (QED) is 0.146. The molecule has 1 amide bonds. The van der Waals surface area contributed by atoms with Gasteiger partial charge in [-0.05, 0) is 63.3 Å².